The summed E-state index contributed by atoms with van der Waals surface area (Å²) in [7, 11) is 0. The van der Waals surface area contributed by atoms with Crippen LogP contribution in [0.2, 0.25) is 0 Å². The molecule has 0 saturated carbocycles. The molecule has 0 N–H and O–H groups in total. The van der Waals surface area contributed by atoms with Gasteiger partial charge in [0.15, 0.2) is 6.29 Å². The molecule has 4 nitrogen and oxygen atoms in total. The molecule has 2 aromatic rings. The van der Waals surface area contributed by atoms with Crippen molar-refractivity contribution in [2.75, 3.05) is 0 Å². The van der Waals surface area contributed by atoms with Gasteiger partial charge in [-0.25, -0.2) is 4.98 Å². The lowest BCUT2D eigenvalue weighted by Crippen LogP contribution is -2.03. The number of thiazole rings is 1. The Morgan fingerprint density at radius 1 is 1.50 bits per heavy atom. The second-order valence-electron chi connectivity index (χ2n) is 3.79. The first-order valence-electron chi connectivity index (χ1n) is 5.47. The fourth-order valence-electron chi connectivity index (χ4n) is 1.60. The van der Waals surface area contributed by atoms with Crippen LogP contribution in [0.1, 0.15) is 20.9 Å². The summed E-state index contributed by atoms with van der Waals surface area (Å²) in [6, 6.07) is 5.99. The highest BCUT2D eigenvalue weighted by Gasteiger charge is 2.16. The summed E-state index contributed by atoms with van der Waals surface area (Å²) in [5, 5.41) is 9.23. The Labute approximate surface area is 117 Å². The van der Waals surface area contributed by atoms with E-state index < -0.39 is 6.61 Å². The van der Waals surface area contributed by atoms with Gasteiger partial charge < -0.3 is 4.74 Å². The molecule has 7 heteroatoms. The van der Waals surface area contributed by atoms with Gasteiger partial charge in [0.1, 0.15) is 10.8 Å². The van der Waals surface area contributed by atoms with Crippen LogP contribution < -0.4 is 4.74 Å². The summed E-state index contributed by atoms with van der Waals surface area (Å²) in [4.78, 5) is 15.4. The molecular formula is C13H8F2N2O2S. The highest BCUT2D eigenvalue weighted by molar-refractivity contribution is 7.16. The largest absolute Gasteiger partial charge is 0.434 e. The number of ether oxygens (including phenoxy) is 1. The van der Waals surface area contributed by atoms with Gasteiger partial charge in [-0.05, 0) is 25.1 Å². The van der Waals surface area contributed by atoms with Crippen LogP contribution in [0.4, 0.5) is 8.78 Å². The number of benzene rings is 1. The maximum absolute atomic E-state index is 12.4. The fourth-order valence-corrected chi connectivity index (χ4v) is 2.50. The minimum Gasteiger partial charge on any atom is -0.434 e. The molecule has 1 aromatic carbocycles. The number of nitriles is 1. The molecule has 1 heterocycles. The molecule has 0 unspecified atom stereocenters. The summed E-state index contributed by atoms with van der Waals surface area (Å²) in [5.74, 6) is -0.0785. The zero-order valence-electron chi connectivity index (χ0n) is 10.3. The smallest absolute Gasteiger partial charge is 0.387 e. The summed E-state index contributed by atoms with van der Waals surface area (Å²) in [6.07, 6.45) is 0.651. The van der Waals surface area contributed by atoms with Crippen molar-refractivity contribution >= 4 is 17.6 Å². The lowest BCUT2D eigenvalue weighted by Gasteiger charge is -2.08. The van der Waals surface area contributed by atoms with Gasteiger partial charge in [0.25, 0.3) is 0 Å². The van der Waals surface area contributed by atoms with E-state index in [0.717, 1.165) is 11.3 Å². The van der Waals surface area contributed by atoms with E-state index in [0.29, 0.717) is 27.4 Å². The monoisotopic (exact) mass is 294 g/mol. The number of alkyl halides is 2. The second kappa shape index (κ2) is 5.75. The maximum Gasteiger partial charge on any atom is 0.387 e. The minimum atomic E-state index is -2.98. The zero-order valence-corrected chi connectivity index (χ0v) is 11.1. The van der Waals surface area contributed by atoms with Crippen LogP contribution in [0.5, 0.6) is 5.75 Å². The van der Waals surface area contributed by atoms with E-state index in [-0.39, 0.29) is 11.3 Å². The summed E-state index contributed by atoms with van der Waals surface area (Å²) < 4.78 is 29.2. The van der Waals surface area contributed by atoms with Crippen molar-refractivity contribution in [3.8, 4) is 22.4 Å². The third-order valence-corrected chi connectivity index (χ3v) is 3.61. The third kappa shape index (κ3) is 2.81. The van der Waals surface area contributed by atoms with E-state index in [1.807, 2.05) is 6.07 Å². The molecule has 1 aromatic heterocycles. The molecule has 0 saturated heterocycles. The number of nitrogens with zero attached hydrogens (tertiary/aromatic N) is 2. The SMILES string of the molecule is Cc1nc(-c2cc(C#N)ccc2OC(F)F)sc1C=O. The van der Waals surface area contributed by atoms with Crippen LogP contribution in [0.3, 0.4) is 0 Å². The minimum absolute atomic E-state index is 0.0785. The van der Waals surface area contributed by atoms with Crippen molar-refractivity contribution in [1.82, 2.24) is 4.98 Å². The second-order valence-corrected chi connectivity index (χ2v) is 4.82. The molecule has 0 radical (unpaired) electrons. The molecule has 0 atom stereocenters. The first-order chi connectivity index (χ1) is 9.55. The molecule has 0 amide bonds. The van der Waals surface area contributed by atoms with Crippen molar-refractivity contribution in [3.05, 3.63) is 34.3 Å². The number of carbonyl (C=O) groups excluding carboxylic acids is 1. The zero-order chi connectivity index (χ0) is 14.7. The summed E-state index contributed by atoms with van der Waals surface area (Å²) >= 11 is 1.06. The molecule has 102 valence electrons. The van der Waals surface area contributed by atoms with E-state index in [9.17, 15) is 13.6 Å². The standard InChI is InChI=1S/C13H8F2N2O2S/c1-7-11(6-18)20-12(17-7)9-4-8(5-16)2-3-10(9)19-13(14)15/h2-4,6,13H,1H3. The maximum atomic E-state index is 12.4. The van der Waals surface area contributed by atoms with Crippen LogP contribution in [0.25, 0.3) is 10.6 Å². The highest BCUT2D eigenvalue weighted by Crippen LogP contribution is 2.35. The number of aldehydes is 1. The van der Waals surface area contributed by atoms with Gasteiger partial charge in [-0.1, -0.05) is 0 Å². The van der Waals surface area contributed by atoms with Crippen LogP contribution >= 0.6 is 11.3 Å². The fraction of sp³-hybridized carbons (Fsp3) is 0.154. The van der Waals surface area contributed by atoms with Gasteiger partial charge in [-0.2, -0.15) is 14.0 Å². The van der Waals surface area contributed by atoms with Crippen molar-refractivity contribution in [3.63, 3.8) is 0 Å². The van der Waals surface area contributed by atoms with Gasteiger partial charge in [0.05, 0.1) is 27.8 Å². The van der Waals surface area contributed by atoms with Gasteiger partial charge in [-0.3, -0.25) is 4.79 Å². The normalized spacial score (nSPS) is 10.3. The van der Waals surface area contributed by atoms with Crippen molar-refractivity contribution < 1.29 is 18.3 Å². The number of hydrogen-bond acceptors (Lipinski definition) is 5. The van der Waals surface area contributed by atoms with Crippen molar-refractivity contribution in [2.45, 2.75) is 13.5 Å². The number of carbonyl (C=O) groups is 1. The average molecular weight is 294 g/mol. The molecule has 0 aliphatic carbocycles. The van der Waals surface area contributed by atoms with E-state index in [1.54, 1.807) is 6.92 Å². The molecular weight excluding hydrogens is 286 g/mol. The number of halogens is 2. The van der Waals surface area contributed by atoms with Gasteiger partial charge in [0, 0.05) is 0 Å². The molecule has 0 bridgehead atoms. The topological polar surface area (TPSA) is 63.0 Å². The van der Waals surface area contributed by atoms with Crippen LogP contribution in [-0.4, -0.2) is 17.9 Å². The third-order valence-electron chi connectivity index (χ3n) is 2.49. The number of aryl methyl sites for hydroxylation is 1. The Morgan fingerprint density at radius 2 is 2.25 bits per heavy atom. The van der Waals surface area contributed by atoms with Gasteiger partial charge >= 0.3 is 6.61 Å². The lowest BCUT2D eigenvalue weighted by molar-refractivity contribution is -0.0494. The first-order valence-corrected chi connectivity index (χ1v) is 6.28. The van der Waals surface area contributed by atoms with Crippen LogP contribution in [0, 0.1) is 18.3 Å². The molecule has 20 heavy (non-hydrogen) atoms. The van der Waals surface area contributed by atoms with Gasteiger partial charge in [0.2, 0.25) is 0 Å². The van der Waals surface area contributed by atoms with E-state index in [1.165, 1.54) is 18.2 Å². The van der Waals surface area contributed by atoms with E-state index in [4.69, 9.17) is 5.26 Å². The lowest BCUT2D eigenvalue weighted by atomic mass is 10.1. The van der Waals surface area contributed by atoms with E-state index >= 15 is 0 Å². The summed E-state index contributed by atoms with van der Waals surface area (Å²) in [5.41, 5.74) is 1.07. The Morgan fingerprint density at radius 3 is 2.80 bits per heavy atom. The predicted octanol–water partition coefficient (Wildman–Crippen LogP) is 3.40. The highest BCUT2D eigenvalue weighted by atomic mass is 32.1. The number of aromatic nitrogens is 1. The Balaban J connectivity index is 2.56. The summed E-state index contributed by atoms with van der Waals surface area (Å²) in [6.45, 7) is -1.33. The number of hydrogen-bond donors (Lipinski definition) is 0. The Kier molecular flexibility index (Phi) is 4.05. The Hall–Kier alpha value is -2.33. The quantitative estimate of drug-likeness (QED) is 0.811. The van der Waals surface area contributed by atoms with E-state index in [2.05, 4.69) is 9.72 Å². The molecule has 0 aliphatic rings. The molecule has 2 rings (SSSR count). The Bertz CT molecular complexity index is 692. The predicted molar refractivity (Wildman–Crippen MR) is 69.0 cm³/mol. The van der Waals surface area contributed by atoms with Gasteiger partial charge in [-0.15, -0.1) is 11.3 Å². The van der Waals surface area contributed by atoms with Crippen LogP contribution in [-0.2, 0) is 0 Å². The van der Waals surface area contributed by atoms with Crippen molar-refractivity contribution in [2.24, 2.45) is 0 Å². The molecule has 0 aliphatic heterocycles. The van der Waals surface area contributed by atoms with Crippen molar-refractivity contribution in [1.29, 1.82) is 5.26 Å². The average Bonchev–Trinajstić information content (AvgIpc) is 2.79. The molecule has 0 spiro atoms. The van der Waals surface area contributed by atoms with Crippen LogP contribution in [0.15, 0.2) is 18.2 Å². The first kappa shape index (κ1) is 14.1. The molecule has 0 fully saturated rings. The number of rotatable bonds is 4.